The van der Waals surface area contributed by atoms with E-state index in [1.165, 1.54) is 10.4 Å². The monoisotopic (exact) mass is 406 g/mol. The van der Waals surface area contributed by atoms with E-state index in [-0.39, 0.29) is 5.75 Å². The van der Waals surface area contributed by atoms with Crippen molar-refractivity contribution in [2.75, 3.05) is 28.3 Å². The van der Waals surface area contributed by atoms with Gasteiger partial charge in [-0.25, -0.2) is 8.42 Å². The zero-order valence-electron chi connectivity index (χ0n) is 15.6. The minimum atomic E-state index is -3.37. The maximum Gasteiger partial charge on any atom is 0.239 e. The first-order chi connectivity index (χ1) is 13.0. The van der Waals surface area contributed by atoms with Gasteiger partial charge in [-0.3, -0.25) is 4.79 Å². The number of unbranched alkanes of at least 4 members (excludes halogenated alkanes) is 2. The summed E-state index contributed by atoms with van der Waals surface area (Å²) < 4.78 is 24.3. The molecule has 0 aliphatic carbocycles. The Hall–Kier alpha value is -1.86. The molecule has 0 bridgehead atoms. The van der Waals surface area contributed by atoms with Crippen LogP contribution in [0.4, 0.5) is 11.4 Å². The second-order valence-corrected chi connectivity index (χ2v) is 10.1. The molecule has 1 N–H and O–H groups in total. The molecule has 1 aliphatic heterocycles. The van der Waals surface area contributed by atoms with E-state index in [2.05, 4.69) is 21.7 Å². The Morgan fingerprint density at radius 2 is 2.04 bits per heavy atom. The molecule has 0 atom stereocenters. The Labute approximate surface area is 165 Å². The summed E-state index contributed by atoms with van der Waals surface area (Å²) in [6.07, 6.45) is 3.42. The summed E-state index contributed by atoms with van der Waals surface area (Å²) >= 11 is 1.79. The normalized spacial score (nSPS) is 14.0. The third-order valence-corrected chi connectivity index (χ3v) is 7.37. The number of fused-ring (bicyclic) bond motifs is 1. The van der Waals surface area contributed by atoms with Crippen LogP contribution >= 0.6 is 11.3 Å². The summed E-state index contributed by atoms with van der Waals surface area (Å²) in [4.78, 5) is 16.0. The van der Waals surface area contributed by atoms with E-state index in [4.69, 9.17) is 0 Å². The van der Waals surface area contributed by atoms with Crippen LogP contribution in [0.25, 0.3) is 0 Å². The summed E-state index contributed by atoms with van der Waals surface area (Å²) in [6.45, 7) is 3.71. The highest BCUT2D eigenvalue weighted by molar-refractivity contribution is 7.92. The number of rotatable bonds is 8. The Bertz CT molecular complexity index is 890. The number of para-hydroxylation sites is 2. The zero-order chi connectivity index (χ0) is 19.3. The van der Waals surface area contributed by atoms with Crippen LogP contribution in [0, 0.1) is 0 Å². The third-order valence-electron chi connectivity index (χ3n) is 4.74. The van der Waals surface area contributed by atoms with E-state index >= 15 is 0 Å². The smallest absolute Gasteiger partial charge is 0.239 e. The van der Waals surface area contributed by atoms with Crippen LogP contribution in [0.2, 0.25) is 0 Å². The molecule has 0 saturated heterocycles. The second-order valence-electron chi connectivity index (χ2n) is 6.91. The van der Waals surface area contributed by atoms with Crippen molar-refractivity contribution >= 4 is 38.5 Å². The Kier molecular flexibility index (Phi) is 6.55. The van der Waals surface area contributed by atoms with Gasteiger partial charge in [-0.15, -0.1) is 11.3 Å². The predicted molar refractivity (Wildman–Crippen MR) is 112 cm³/mol. The van der Waals surface area contributed by atoms with E-state index < -0.39 is 21.5 Å². The molecule has 2 heterocycles. The Morgan fingerprint density at radius 1 is 1.22 bits per heavy atom. The first-order valence-corrected chi connectivity index (χ1v) is 12.1. The molecule has 0 unspecified atom stereocenters. The quantitative estimate of drug-likeness (QED) is 0.676. The number of carbonyl (C=O) groups is 1. The molecule has 2 aromatic rings. The van der Waals surface area contributed by atoms with E-state index in [0.29, 0.717) is 12.1 Å². The molecule has 146 valence electrons. The first-order valence-electron chi connectivity index (χ1n) is 9.38. The van der Waals surface area contributed by atoms with Crippen molar-refractivity contribution in [3.8, 4) is 0 Å². The average Bonchev–Trinajstić information content (AvgIpc) is 3.09. The number of nitrogens with one attached hydrogen (secondary N) is 1. The van der Waals surface area contributed by atoms with Gasteiger partial charge >= 0.3 is 0 Å². The minimum Gasteiger partial charge on any atom is -0.365 e. The van der Waals surface area contributed by atoms with Crippen LogP contribution in [-0.2, 0) is 27.6 Å². The predicted octanol–water partition coefficient (Wildman–Crippen LogP) is 3.85. The van der Waals surface area contributed by atoms with Crippen LogP contribution in [0.3, 0.4) is 0 Å². The van der Waals surface area contributed by atoms with Gasteiger partial charge in [0.05, 0.1) is 17.1 Å². The summed E-state index contributed by atoms with van der Waals surface area (Å²) in [7, 11) is -3.37. The Balaban J connectivity index is 1.67. The molecule has 5 nitrogen and oxygen atoms in total. The van der Waals surface area contributed by atoms with Gasteiger partial charge in [0.15, 0.2) is 9.84 Å². The largest absolute Gasteiger partial charge is 0.365 e. The minimum absolute atomic E-state index is 0.0724. The van der Waals surface area contributed by atoms with Crippen molar-refractivity contribution in [3.05, 3.63) is 46.2 Å². The standard InChI is InChI=1S/C20H26N2O3S2/c1-2-3-6-13-27(24,25)15-20(23)21-17-7-4-5-8-18(17)22-11-9-19-16(14-22)10-12-26-19/h4-5,7-8,10,12H,2-3,6,9,11,13-15H2,1H3,(H,21,23). The van der Waals surface area contributed by atoms with Gasteiger partial charge < -0.3 is 10.2 Å². The molecule has 1 aliphatic rings. The number of benzene rings is 1. The molecule has 1 aromatic carbocycles. The third kappa shape index (κ3) is 5.32. The highest BCUT2D eigenvalue weighted by atomic mass is 32.2. The number of sulfone groups is 1. The number of anilines is 2. The topological polar surface area (TPSA) is 66.5 Å². The van der Waals surface area contributed by atoms with Crippen LogP contribution in [0.1, 0.15) is 36.6 Å². The maximum absolute atomic E-state index is 12.3. The van der Waals surface area contributed by atoms with E-state index in [1.54, 1.807) is 11.3 Å². The molecule has 0 radical (unpaired) electrons. The summed E-state index contributed by atoms with van der Waals surface area (Å²) in [6, 6.07) is 9.75. The molecule has 7 heteroatoms. The lowest BCUT2D eigenvalue weighted by molar-refractivity contribution is -0.113. The molecular weight excluding hydrogens is 380 g/mol. The molecule has 0 spiro atoms. The molecule has 1 amide bonds. The number of thiophene rings is 1. The van der Waals surface area contributed by atoms with E-state index in [9.17, 15) is 13.2 Å². The van der Waals surface area contributed by atoms with Crippen LogP contribution in [0.15, 0.2) is 35.7 Å². The van der Waals surface area contributed by atoms with Crippen molar-refractivity contribution in [1.82, 2.24) is 0 Å². The molecule has 27 heavy (non-hydrogen) atoms. The van der Waals surface area contributed by atoms with Crippen molar-refractivity contribution in [3.63, 3.8) is 0 Å². The fourth-order valence-corrected chi connectivity index (χ4v) is 5.49. The lowest BCUT2D eigenvalue weighted by atomic mass is 10.1. The fraction of sp³-hybridized carbons (Fsp3) is 0.450. The number of hydrogen-bond acceptors (Lipinski definition) is 5. The van der Waals surface area contributed by atoms with E-state index in [1.807, 2.05) is 31.2 Å². The number of nitrogens with zero attached hydrogens (tertiary/aromatic N) is 1. The van der Waals surface area contributed by atoms with Crippen molar-refractivity contribution in [1.29, 1.82) is 0 Å². The van der Waals surface area contributed by atoms with Gasteiger partial charge in [0, 0.05) is 18.0 Å². The van der Waals surface area contributed by atoms with Gasteiger partial charge in [-0.05, 0) is 42.0 Å². The van der Waals surface area contributed by atoms with Crippen molar-refractivity contribution in [2.24, 2.45) is 0 Å². The average molecular weight is 407 g/mol. The fourth-order valence-electron chi connectivity index (χ4n) is 3.34. The van der Waals surface area contributed by atoms with Gasteiger partial charge in [0.25, 0.3) is 0 Å². The van der Waals surface area contributed by atoms with Gasteiger partial charge in [-0.1, -0.05) is 31.9 Å². The van der Waals surface area contributed by atoms with E-state index in [0.717, 1.165) is 38.0 Å². The van der Waals surface area contributed by atoms with Crippen molar-refractivity contribution in [2.45, 2.75) is 39.2 Å². The number of hydrogen-bond donors (Lipinski definition) is 1. The summed E-state index contributed by atoms with van der Waals surface area (Å²) in [5.74, 6) is -0.852. The van der Waals surface area contributed by atoms with Crippen LogP contribution in [-0.4, -0.2) is 32.4 Å². The molecule has 0 fully saturated rings. The molecule has 1 aromatic heterocycles. The highest BCUT2D eigenvalue weighted by Gasteiger charge is 2.21. The molecular formula is C20H26N2O3S2. The summed E-state index contributed by atoms with van der Waals surface area (Å²) in [5.41, 5.74) is 2.93. The van der Waals surface area contributed by atoms with Crippen molar-refractivity contribution < 1.29 is 13.2 Å². The molecule has 3 rings (SSSR count). The SMILES string of the molecule is CCCCCS(=O)(=O)CC(=O)Nc1ccccc1N1CCc2sccc2C1. The highest BCUT2D eigenvalue weighted by Crippen LogP contribution is 2.32. The lowest BCUT2D eigenvalue weighted by Crippen LogP contribution is -2.31. The Morgan fingerprint density at radius 3 is 2.85 bits per heavy atom. The van der Waals surface area contributed by atoms with Gasteiger partial charge in [0.1, 0.15) is 5.75 Å². The first kappa shape index (κ1) is 19.9. The summed E-state index contributed by atoms with van der Waals surface area (Å²) in [5, 5.41) is 4.93. The number of amides is 1. The lowest BCUT2D eigenvalue weighted by Gasteiger charge is -2.30. The maximum atomic E-state index is 12.3. The molecule has 0 saturated carbocycles. The number of carbonyl (C=O) groups excluding carboxylic acids is 1. The van der Waals surface area contributed by atoms with Crippen LogP contribution in [0.5, 0.6) is 0 Å². The zero-order valence-corrected chi connectivity index (χ0v) is 17.2. The van der Waals surface area contributed by atoms with Crippen LogP contribution < -0.4 is 10.2 Å². The van der Waals surface area contributed by atoms with Gasteiger partial charge in [0.2, 0.25) is 5.91 Å². The van der Waals surface area contributed by atoms with Gasteiger partial charge in [-0.2, -0.15) is 0 Å². The second kappa shape index (κ2) is 8.89.